The molecule has 2 rings (SSSR count). The molecule has 3 nitrogen and oxygen atoms in total. The van der Waals surface area contributed by atoms with Crippen molar-refractivity contribution < 1.29 is 4.79 Å². The zero-order chi connectivity index (χ0) is 11.7. The molecule has 16 heavy (non-hydrogen) atoms. The van der Waals surface area contributed by atoms with Gasteiger partial charge in [-0.05, 0) is 12.1 Å². The molecule has 0 bridgehead atoms. The summed E-state index contributed by atoms with van der Waals surface area (Å²) in [6.07, 6.45) is 2.30. The second-order valence-corrected chi connectivity index (χ2v) is 4.15. The summed E-state index contributed by atoms with van der Waals surface area (Å²) in [6, 6.07) is 5.22. The fraction of sp³-hybridized carbons (Fsp3) is 0.0909. The third-order valence-electron chi connectivity index (χ3n) is 2.27. The SMILES string of the molecule is Cn1cnc(C=O)c1-c1ccc(Cl)c(Cl)c1. The average Bonchev–Trinajstić information content (AvgIpc) is 2.64. The van der Waals surface area contributed by atoms with Gasteiger partial charge < -0.3 is 4.57 Å². The molecule has 0 amide bonds. The molecule has 0 saturated carbocycles. The molecule has 2 aromatic rings. The number of carbonyl (C=O) groups is 1. The Labute approximate surface area is 103 Å². The van der Waals surface area contributed by atoms with Gasteiger partial charge in [0.15, 0.2) is 6.29 Å². The van der Waals surface area contributed by atoms with Crippen LogP contribution in [0.4, 0.5) is 0 Å². The van der Waals surface area contributed by atoms with Gasteiger partial charge in [0.25, 0.3) is 0 Å². The smallest absolute Gasteiger partial charge is 0.170 e. The zero-order valence-corrected chi connectivity index (χ0v) is 9.96. The van der Waals surface area contributed by atoms with Gasteiger partial charge in [-0.25, -0.2) is 4.98 Å². The van der Waals surface area contributed by atoms with Gasteiger partial charge in [0.2, 0.25) is 0 Å². The van der Waals surface area contributed by atoms with Crippen molar-refractivity contribution in [3.05, 3.63) is 40.3 Å². The normalized spacial score (nSPS) is 10.4. The minimum atomic E-state index is 0.390. The molecule has 1 aromatic carbocycles. The van der Waals surface area contributed by atoms with Crippen molar-refractivity contribution in [1.29, 1.82) is 0 Å². The van der Waals surface area contributed by atoms with Crippen molar-refractivity contribution in [3.63, 3.8) is 0 Å². The van der Waals surface area contributed by atoms with E-state index in [0.29, 0.717) is 15.7 Å². The summed E-state index contributed by atoms with van der Waals surface area (Å²) < 4.78 is 1.77. The first kappa shape index (κ1) is 11.2. The Morgan fingerprint density at radius 2 is 2.06 bits per heavy atom. The third kappa shape index (κ3) is 1.84. The largest absolute Gasteiger partial charge is 0.333 e. The fourth-order valence-corrected chi connectivity index (χ4v) is 1.83. The van der Waals surface area contributed by atoms with Crippen molar-refractivity contribution >= 4 is 29.5 Å². The van der Waals surface area contributed by atoms with E-state index in [9.17, 15) is 4.79 Å². The number of hydrogen-bond acceptors (Lipinski definition) is 2. The number of aryl methyl sites for hydroxylation is 1. The van der Waals surface area contributed by atoms with Crippen molar-refractivity contribution in [2.45, 2.75) is 0 Å². The van der Waals surface area contributed by atoms with Crippen molar-refractivity contribution in [1.82, 2.24) is 9.55 Å². The first-order chi connectivity index (χ1) is 7.63. The Hall–Kier alpha value is -1.32. The van der Waals surface area contributed by atoms with E-state index < -0.39 is 0 Å². The highest BCUT2D eigenvalue weighted by atomic mass is 35.5. The van der Waals surface area contributed by atoms with Crippen LogP contribution in [-0.4, -0.2) is 15.8 Å². The first-order valence-corrected chi connectivity index (χ1v) is 5.31. The number of aldehydes is 1. The molecule has 0 N–H and O–H groups in total. The first-order valence-electron chi connectivity index (χ1n) is 4.55. The Bertz CT molecular complexity index is 549. The quantitative estimate of drug-likeness (QED) is 0.772. The third-order valence-corrected chi connectivity index (χ3v) is 3.01. The Morgan fingerprint density at radius 3 is 2.69 bits per heavy atom. The molecule has 0 aliphatic carbocycles. The van der Waals surface area contributed by atoms with Gasteiger partial charge in [-0.1, -0.05) is 29.3 Å². The van der Waals surface area contributed by atoms with E-state index >= 15 is 0 Å². The number of carbonyl (C=O) groups excluding carboxylic acids is 1. The summed E-state index contributed by atoms with van der Waals surface area (Å²) in [5.41, 5.74) is 1.94. The summed E-state index contributed by atoms with van der Waals surface area (Å²) in [5.74, 6) is 0. The Balaban J connectivity index is 2.62. The minimum absolute atomic E-state index is 0.390. The standard InChI is InChI=1S/C11H8Cl2N2O/c1-15-6-14-10(5-16)11(15)7-2-3-8(12)9(13)4-7/h2-6H,1H3. The van der Waals surface area contributed by atoms with E-state index in [-0.39, 0.29) is 0 Å². The highest BCUT2D eigenvalue weighted by Gasteiger charge is 2.11. The van der Waals surface area contributed by atoms with Crippen LogP contribution in [-0.2, 0) is 7.05 Å². The molecule has 1 aromatic heterocycles. The molecule has 0 aliphatic heterocycles. The highest BCUT2D eigenvalue weighted by molar-refractivity contribution is 6.42. The molecule has 1 heterocycles. The van der Waals surface area contributed by atoms with Crippen LogP contribution in [0.1, 0.15) is 10.5 Å². The summed E-state index contributed by atoms with van der Waals surface area (Å²) in [7, 11) is 1.82. The van der Waals surface area contributed by atoms with E-state index in [2.05, 4.69) is 4.98 Å². The van der Waals surface area contributed by atoms with Crippen LogP contribution in [0.5, 0.6) is 0 Å². The van der Waals surface area contributed by atoms with E-state index in [1.165, 1.54) is 0 Å². The second kappa shape index (κ2) is 4.28. The Kier molecular flexibility index (Phi) is 2.99. The molecule has 82 valence electrons. The topological polar surface area (TPSA) is 34.9 Å². The number of rotatable bonds is 2. The van der Waals surface area contributed by atoms with Crippen LogP contribution in [0, 0.1) is 0 Å². The molecule has 0 radical (unpaired) electrons. The number of hydrogen-bond donors (Lipinski definition) is 0. The monoisotopic (exact) mass is 254 g/mol. The van der Waals surface area contributed by atoms with E-state index in [1.54, 1.807) is 29.1 Å². The molecule has 0 spiro atoms. The molecule has 0 atom stereocenters. The number of aromatic nitrogens is 2. The lowest BCUT2D eigenvalue weighted by atomic mass is 10.1. The molecular weight excluding hydrogens is 247 g/mol. The molecule has 0 unspecified atom stereocenters. The summed E-state index contributed by atoms with van der Waals surface area (Å²) in [5, 5.41) is 0.942. The predicted molar refractivity (Wildman–Crippen MR) is 64.1 cm³/mol. The summed E-state index contributed by atoms with van der Waals surface area (Å²) >= 11 is 11.8. The van der Waals surface area contributed by atoms with Crippen molar-refractivity contribution in [2.75, 3.05) is 0 Å². The number of nitrogens with zero attached hydrogens (tertiary/aromatic N) is 2. The number of benzene rings is 1. The molecule has 0 aliphatic rings. The lowest BCUT2D eigenvalue weighted by molar-refractivity contribution is 0.112. The maximum atomic E-state index is 10.8. The predicted octanol–water partition coefficient (Wildman–Crippen LogP) is 3.21. The maximum absolute atomic E-state index is 10.8. The molecule has 0 saturated heterocycles. The van der Waals surface area contributed by atoms with Crippen LogP contribution >= 0.6 is 23.2 Å². The van der Waals surface area contributed by atoms with Gasteiger partial charge in [-0.3, -0.25) is 4.79 Å². The van der Waals surface area contributed by atoms with Gasteiger partial charge in [-0.2, -0.15) is 0 Å². The molecular formula is C11H8Cl2N2O. The van der Waals surface area contributed by atoms with Crippen LogP contribution in [0.25, 0.3) is 11.3 Å². The van der Waals surface area contributed by atoms with Crippen LogP contribution < -0.4 is 0 Å². The summed E-state index contributed by atoms with van der Waals surface area (Å²) in [6.45, 7) is 0. The molecule has 5 heteroatoms. The lowest BCUT2D eigenvalue weighted by Crippen LogP contribution is -1.93. The fourth-order valence-electron chi connectivity index (χ4n) is 1.53. The number of halogens is 2. The Morgan fingerprint density at radius 1 is 1.31 bits per heavy atom. The summed E-state index contributed by atoms with van der Waals surface area (Å²) in [4.78, 5) is 14.8. The van der Waals surface area contributed by atoms with E-state index in [1.807, 2.05) is 7.05 Å². The average molecular weight is 255 g/mol. The zero-order valence-electron chi connectivity index (χ0n) is 8.45. The van der Waals surface area contributed by atoms with Crippen LogP contribution in [0.2, 0.25) is 10.0 Å². The van der Waals surface area contributed by atoms with Gasteiger partial charge in [-0.15, -0.1) is 0 Å². The van der Waals surface area contributed by atoms with E-state index in [0.717, 1.165) is 17.5 Å². The van der Waals surface area contributed by atoms with E-state index in [4.69, 9.17) is 23.2 Å². The van der Waals surface area contributed by atoms with Gasteiger partial charge in [0, 0.05) is 12.6 Å². The number of imidazole rings is 1. The van der Waals surface area contributed by atoms with Crippen molar-refractivity contribution in [2.24, 2.45) is 7.05 Å². The highest BCUT2D eigenvalue weighted by Crippen LogP contribution is 2.29. The molecule has 0 fully saturated rings. The van der Waals surface area contributed by atoms with Crippen molar-refractivity contribution in [3.8, 4) is 11.3 Å². The van der Waals surface area contributed by atoms with Gasteiger partial charge in [0.1, 0.15) is 5.69 Å². The lowest BCUT2D eigenvalue weighted by Gasteiger charge is -2.05. The second-order valence-electron chi connectivity index (χ2n) is 3.34. The van der Waals surface area contributed by atoms with Crippen LogP contribution in [0.15, 0.2) is 24.5 Å². The van der Waals surface area contributed by atoms with Crippen LogP contribution in [0.3, 0.4) is 0 Å². The minimum Gasteiger partial charge on any atom is -0.333 e. The van der Waals surface area contributed by atoms with Gasteiger partial charge in [0.05, 0.1) is 22.1 Å². The maximum Gasteiger partial charge on any atom is 0.170 e. The van der Waals surface area contributed by atoms with Gasteiger partial charge >= 0.3 is 0 Å².